The van der Waals surface area contributed by atoms with E-state index in [0.717, 1.165) is 38.9 Å². The smallest absolute Gasteiger partial charge is 0.173 e. The zero-order valence-corrected chi connectivity index (χ0v) is 16.3. The SMILES string of the molecule is Cc1cc(C)c(OCC(O)N/N=C/c2cccc3[nH]ccc23)c(-c2ccco2)c1. The molecule has 0 aliphatic carbocycles. The first kappa shape index (κ1) is 18.8. The van der Waals surface area contributed by atoms with Crippen LogP contribution >= 0.6 is 0 Å². The third-order valence-corrected chi connectivity index (χ3v) is 4.65. The molecule has 1 unspecified atom stereocenters. The van der Waals surface area contributed by atoms with Crippen molar-refractivity contribution in [2.24, 2.45) is 5.10 Å². The van der Waals surface area contributed by atoms with Gasteiger partial charge in [0.2, 0.25) is 0 Å². The number of hydrogen-bond acceptors (Lipinski definition) is 5. The molecule has 6 nitrogen and oxygen atoms in total. The van der Waals surface area contributed by atoms with Gasteiger partial charge in [-0.15, -0.1) is 0 Å². The molecule has 29 heavy (non-hydrogen) atoms. The van der Waals surface area contributed by atoms with Gasteiger partial charge in [0.05, 0.1) is 18.0 Å². The van der Waals surface area contributed by atoms with Crippen molar-refractivity contribution in [3.63, 3.8) is 0 Å². The lowest BCUT2D eigenvalue weighted by molar-refractivity contribution is 0.0802. The summed E-state index contributed by atoms with van der Waals surface area (Å²) in [6.07, 6.45) is 4.25. The highest BCUT2D eigenvalue weighted by molar-refractivity contribution is 5.98. The molecular formula is C23H23N3O3. The Morgan fingerprint density at radius 3 is 2.93 bits per heavy atom. The number of aryl methyl sites for hydroxylation is 2. The Labute approximate surface area is 168 Å². The summed E-state index contributed by atoms with van der Waals surface area (Å²) in [5.74, 6) is 1.42. The van der Waals surface area contributed by atoms with E-state index < -0.39 is 6.23 Å². The predicted octanol–water partition coefficient (Wildman–Crippen LogP) is 4.37. The molecule has 0 bridgehead atoms. The van der Waals surface area contributed by atoms with E-state index in [1.165, 1.54) is 0 Å². The van der Waals surface area contributed by atoms with E-state index in [1.54, 1.807) is 12.5 Å². The first-order valence-corrected chi connectivity index (χ1v) is 9.42. The number of furan rings is 1. The molecule has 0 amide bonds. The number of nitrogens with one attached hydrogen (secondary N) is 2. The molecule has 0 saturated heterocycles. The number of hydrogen-bond donors (Lipinski definition) is 3. The van der Waals surface area contributed by atoms with Crippen molar-refractivity contribution in [1.82, 2.24) is 10.4 Å². The standard InChI is InChI=1S/C23H23N3O3/c1-15-11-16(2)23(19(12-15)21-7-4-10-28-21)29-14-22(27)26-25-13-17-5-3-6-20-18(17)8-9-24-20/h3-13,22,24,26-27H,14H2,1-2H3/b25-13+. The van der Waals surface area contributed by atoms with Crippen molar-refractivity contribution in [3.05, 3.63) is 77.7 Å². The summed E-state index contributed by atoms with van der Waals surface area (Å²) in [7, 11) is 0. The summed E-state index contributed by atoms with van der Waals surface area (Å²) < 4.78 is 11.5. The van der Waals surface area contributed by atoms with Gasteiger partial charge >= 0.3 is 0 Å². The summed E-state index contributed by atoms with van der Waals surface area (Å²) in [5, 5.41) is 15.5. The fourth-order valence-corrected chi connectivity index (χ4v) is 3.38. The van der Waals surface area contributed by atoms with Crippen LogP contribution in [0, 0.1) is 13.8 Å². The Balaban J connectivity index is 1.42. The van der Waals surface area contributed by atoms with Crippen LogP contribution in [0.2, 0.25) is 0 Å². The number of aliphatic hydroxyl groups is 1. The van der Waals surface area contributed by atoms with Gasteiger partial charge in [-0.1, -0.05) is 18.2 Å². The van der Waals surface area contributed by atoms with E-state index in [1.807, 2.05) is 68.6 Å². The zero-order valence-electron chi connectivity index (χ0n) is 16.3. The summed E-state index contributed by atoms with van der Waals surface area (Å²) >= 11 is 0. The van der Waals surface area contributed by atoms with Crippen molar-refractivity contribution < 1.29 is 14.3 Å². The maximum Gasteiger partial charge on any atom is 0.173 e. The third kappa shape index (κ3) is 4.17. The van der Waals surface area contributed by atoms with Crippen LogP contribution in [0.1, 0.15) is 16.7 Å². The first-order chi connectivity index (χ1) is 14.1. The molecule has 0 spiro atoms. The van der Waals surface area contributed by atoms with E-state index >= 15 is 0 Å². The minimum atomic E-state index is -0.957. The predicted molar refractivity (Wildman–Crippen MR) is 114 cm³/mol. The Bertz CT molecular complexity index is 1130. The molecule has 148 valence electrons. The minimum absolute atomic E-state index is 0.0449. The molecule has 2 heterocycles. The zero-order chi connectivity index (χ0) is 20.2. The van der Waals surface area contributed by atoms with Crippen LogP contribution in [-0.2, 0) is 0 Å². The number of nitrogens with zero attached hydrogens (tertiary/aromatic N) is 1. The van der Waals surface area contributed by atoms with Crippen molar-refractivity contribution in [1.29, 1.82) is 0 Å². The highest BCUT2D eigenvalue weighted by Gasteiger charge is 2.14. The van der Waals surface area contributed by atoms with Gasteiger partial charge in [-0.05, 0) is 55.3 Å². The Kier molecular flexibility index (Phi) is 5.35. The van der Waals surface area contributed by atoms with Gasteiger partial charge in [-0.2, -0.15) is 5.10 Å². The van der Waals surface area contributed by atoms with Gasteiger partial charge in [0, 0.05) is 22.7 Å². The topological polar surface area (TPSA) is 82.8 Å². The molecular weight excluding hydrogens is 366 g/mol. The summed E-state index contributed by atoms with van der Waals surface area (Å²) in [4.78, 5) is 3.16. The number of aliphatic hydroxyl groups excluding tert-OH is 1. The van der Waals surface area contributed by atoms with Crippen molar-refractivity contribution >= 4 is 17.1 Å². The van der Waals surface area contributed by atoms with Gasteiger partial charge in [-0.25, -0.2) is 0 Å². The Hall–Kier alpha value is -3.51. The molecule has 6 heteroatoms. The van der Waals surface area contributed by atoms with Gasteiger partial charge < -0.3 is 19.2 Å². The second-order valence-corrected chi connectivity index (χ2v) is 6.94. The molecule has 0 aliphatic heterocycles. The van der Waals surface area contributed by atoms with Crippen LogP contribution in [0.4, 0.5) is 0 Å². The number of ether oxygens (including phenoxy) is 1. The normalized spacial score (nSPS) is 12.5. The molecule has 1 atom stereocenters. The van der Waals surface area contributed by atoms with E-state index in [4.69, 9.17) is 9.15 Å². The van der Waals surface area contributed by atoms with E-state index in [2.05, 4.69) is 15.5 Å². The van der Waals surface area contributed by atoms with Crippen molar-refractivity contribution in [3.8, 4) is 17.1 Å². The van der Waals surface area contributed by atoms with Crippen LogP contribution in [0.15, 0.2) is 70.5 Å². The molecule has 2 aromatic carbocycles. The van der Waals surface area contributed by atoms with E-state index in [0.29, 0.717) is 5.75 Å². The van der Waals surface area contributed by atoms with E-state index in [9.17, 15) is 5.11 Å². The third-order valence-electron chi connectivity index (χ3n) is 4.65. The van der Waals surface area contributed by atoms with Gasteiger partial charge in [0.25, 0.3) is 0 Å². The van der Waals surface area contributed by atoms with Crippen LogP contribution in [0.25, 0.3) is 22.2 Å². The summed E-state index contributed by atoms with van der Waals surface area (Å²) in [5.41, 5.74) is 7.66. The fourth-order valence-electron chi connectivity index (χ4n) is 3.38. The minimum Gasteiger partial charge on any atom is -0.488 e. The molecule has 0 fully saturated rings. The molecule has 0 radical (unpaired) electrons. The molecule has 0 saturated carbocycles. The Morgan fingerprint density at radius 2 is 2.10 bits per heavy atom. The summed E-state index contributed by atoms with van der Waals surface area (Å²) in [6.45, 7) is 4.05. The Morgan fingerprint density at radius 1 is 1.21 bits per heavy atom. The second-order valence-electron chi connectivity index (χ2n) is 6.94. The number of benzene rings is 2. The highest BCUT2D eigenvalue weighted by Crippen LogP contribution is 2.34. The number of fused-ring (bicyclic) bond motifs is 1. The molecule has 4 aromatic rings. The van der Waals surface area contributed by atoms with Gasteiger partial charge in [0.15, 0.2) is 6.23 Å². The maximum atomic E-state index is 10.2. The van der Waals surface area contributed by atoms with Gasteiger partial charge in [0.1, 0.15) is 18.1 Å². The van der Waals surface area contributed by atoms with Gasteiger partial charge in [-0.3, -0.25) is 5.43 Å². The lowest BCUT2D eigenvalue weighted by atomic mass is 10.0. The number of hydrazone groups is 1. The lowest BCUT2D eigenvalue weighted by Gasteiger charge is -2.16. The first-order valence-electron chi connectivity index (χ1n) is 9.42. The second kappa shape index (κ2) is 8.24. The quantitative estimate of drug-likeness (QED) is 0.249. The molecule has 0 aliphatic rings. The van der Waals surface area contributed by atoms with Crippen LogP contribution in [0.5, 0.6) is 5.75 Å². The molecule has 3 N–H and O–H groups in total. The van der Waals surface area contributed by atoms with Crippen LogP contribution in [0.3, 0.4) is 0 Å². The summed E-state index contributed by atoms with van der Waals surface area (Å²) in [6, 6.07) is 15.7. The van der Waals surface area contributed by atoms with Crippen molar-refractivity contribution in [2.75, 3.05) is 6.61 Å². The lowest BCUT2D eigenvalue weighted by Crippen LogP contribution is -2.30. The maximum absolute atomic E-state index is 10.2. The molecule has 2 aromatic heterocycles. The van der Waals surface area contributed by atoms with Crippen LogP contribution < -0.4 is 10.2 Å². The monoisotopic (exact) mass is 389 g/mol. The highest BCUT2D eigenvalue weighted by atomic mass is 16.5. The number of H-pyrrole nitrogens is 1. The largest absolute Gasteiger partial charge is 0.488 e. The fraction of sp³-hybridized carbons (Fsp3) is 0.174. The van der Waals surface area contributed by atoms with Crippen LogP contribution in [-0.4, -0.2) is 29.1 Å². The number of rotatable bonds is 7. The average molecular weight is 389 g/mol. The average Bonchev–Trinajstić information content (AvgIpc) is 3.39. The van der Waals surface area contributed by atoms with Crippen molar-refractivity contribution in [2.45, 2.75) is 20.1 Å². The number of aromatic amines is 1. The van der Waals surface area contributed by atoms with E-state index in [-0.39, 0.29) is 6.61 Å². The molecule has 4 rings (SSSR count). The number of aromatic nitrogens is 1.